The second kappa shape index (κ2) is 6.39. The molecule has 1 aromatic rings. The molecule has 1 rings (SSSR count). The summed E-state index contributed by atoms with van der Waals surface area (Å²) in [5.41, 5.74) is 5.43. The molecule has 11 heteroatoms. The van der Waals surface area contributed by atoms with Gasteiger partial charge in [0.25, 0.3) is 0 Å². The van der Waals surface area contributed by atoms with Gasteiger partial charge in [0.2, 0.25) is 20.0 Å². The lowest BCUT2D eigenvalue weighted by molar-refractivity contribution is 0.0596. The lowest BCUT2D eigenvalue weighted by Crippen LogP contribution is -2.32. The predicted molar refractivity (Wildman–Crippen MR) is 75.4 cm³/mol. The average Bonchev–Trinajstić information content (AvgIpc) is 2.35. The summed E-state index contributed by atoms with van der Waals surface area (Å²) >= 11 is 0. The zero-order valence-corrected chi connectivity index (χ0v) is 12.7. The molecule has 0 aliphatic carbocycles. The molecule has 0 radical (unpaired) electrons. The summed E-state index contributed by atoms with van der Waals surface area (Å²) in [5, 5.41) is 4.77. The molecule has 0 saturated heterocycles. The van der Waals surface area contributed by atoms with Gasteiger partial charge in [0.05, 0.1) is 23.3 Å². The van der Waals surface area contributed by atoms with Crippen LogP contribution in [0.5, 0.6) is 0 Å². The van der Waals surface area contributed by atoms with Crippen molar-refractivity contribution in [2.24, 2.45) is 5.14 Å². The summed E-state index contributed by atoms with van der Waals surface area (Å²) in [6, 6.07) is 3.57. The van der Waals surface area contributed by atoms with E-state index in [1.54, 1.807) is 0 Å². The number of carbonyl (C=O) groups excluding carboxylic acids is 1. The van der Waals surface area contributed by atoms with Crippen molar-refractivity contribution in [1.29, 1.82) is 0 Å². The fourth-order valence-corrected chi connectivity index (χ4v) is 3.17. The monoisotopic (exact) mass is 337 g/mol. The van der Waals surface area contributed by atoms with E-state index in [1.807, 2.05) is 4.72 Å². The van der Waals surface area contributed by atoms with Gasteiger partial charge in [-0.25, -0.2) is 31.5 Å². The molecular formula is C10H15N3O6S2. The number of methoxy groups -OCH3 is 1. The molecule has 0 aliphatic rings. The fraction of sp³-hybridized carbons (Fsp3) is 0.300. The van der Waals surface area contributed by atoms with Gasteiger partial charge in [0.1, 0.15) is 0 Å². The van der Waals surface area contributed by atoms with Crippen LogP contribution in [0.25, 0.3) is 0 Å². The third-order valence-corrected chi connectivity index (χ3v) is 4.67. The van der Waals surface area contributed by atoms with E-state index in [9.17, 15) is 21.6 Å². The molecule has 0 amide bonds. The molecule has 118 valence electrons. The lowest BCUT2D eigenvalue weighted by atomic mass is 10.2. The van der Waals surface area contributed by atoms with E-state index >= 15 is 0 Å². The van der Waals surface area contributed by atoms with Crippen LogP contribution >= 0.6 is 0 Å². The number of nitrogens with two attached hydrogens (primary N) is 2. The highest BCUT2D eigenvalue weighted by atomic mass is 32.2. The summed E-state index contributed by atoms with van der Waals surface area (Å²) in [7, 11) is -6.82. The van der Waals surface area contributed by atoms with Crippen molar-refractivity contribution in [3.05, 3.63) is 23.8 Å². The number of ether oxygens (including phenoxy) is 1. The Morgan fingerprint density at radius 2 is 1.90 bits per heavy atom. The van der Waals surface area contributed by atoms with Gasteiger partial charge in [-0.2, -0.15) is 0 Å². The maximum Gasteiger partial charge on any atom is 0.339 e. The Morgan fingerprint density at radius 1 is 1.29 bits per heavy atom. The Morgan fingerprint density at radius 3 is 2.43 bits per heavy atom. The summed E-state index contributed by atoms with van der Waals surface area (Å²) < 4.78 is 52.2. The normalized spacial score (nSPS) is 12.1. The maximum absolute atomic E-state index is 12.1. The van der Waals surface area contributed by atoms with E-state index in [0.717, 1.165) is 19.2 Å². The third-order valence-electron chi connectivity index (χ3n) is 2.38. The van der Waals surface area contributed by atoms with Crippen LogP contribution in [0.3, 0.4) is 0 Å². The Balaban J connectivity index is 3.11. The molecule has 0 bridgehead atoms. The quantitative estimate of drug-likeness (QED) is 0.426. The van der Waals surface area contributed by atoms with Crippen molar-refractivity contribution < 1.29 is 26.4 Å². The largest absolute Gasteiger partial charge is 0.465 e. The van der Waals surface area contributed by atoms with E-state index in [1.165, 1.54) is 6.07 Å². The van der Waals surface area contributed by atoms with Gasteiger partial charge in [-0.3, -0.25) is 0 Å². The molecule has 9 nitrogen and oxygen atoms in total. The molecule has 0 aliphatic heterocycles. The van der Waals surface area contributed by atoms with Crippen LogP contribution < -0.4 is 15.6 Å². The number of benzene rings is 1. The average molecular weight is 337 g/mol. The maximum atomic E-state index is 12.1. The summed E-state index contributed by atoms with van der Waals surface area (Å²) in [6.45, 7) is -0.424. The van der Waals surface area contributed by atoms with Crippen LogP contribution in [0.2, 0.25) is 0 Å². The van der Waals surface area contributed by atoms with E-state index in [4.69, 9.17) is 10.9 Å². The Hall–Kier alpha value is -1.69. The SMILES string of the molecule is COC(=O)c1cc(N)ccc1S(=O)(=O)NCCS(N)(=O)=O. The Kier molecular flexibility index (Phi) is 5.28. The number of nitrogen functional groups attached to an aromatic ring is 1. The molecule has 0 aromatic heterocycles. The van der Waals surface area contributed by atoms with Gasteiger partial charge >= 0.3 is 5.97 Å². The van der Waals surface area contributed by atoms with Crippen molar-refractivity contribution in [1.82, 2.24) is 4.72 Å². The van der Waals surface area contributed by atoms with Crippen molar-refractivity contribution in [3.8, 4) is 0 Å². The first-order valence-corrected chi connectivity index (χ1v) is 8.74. The predicted octanol–water partition coefficient (Wildman–Crippen LogP) is -1.38. The smallest absolute Gasteiger partial charge is 0.339 e. The number of carbonyl (C=O) groups is 1. The minimum Gasteiger partial charge on any atom is -0.465 e. The molecule has 0 atom stereocenters. The molecule has 21 heavy (non-hydrogen) atoms. The molecular weight excluding hydrogens is 322 g/mol. The Bertz CT molecular complexity index is 742. The van der Waals surface area contributed by atoms with Gasteiger partial charge in [-0.05, 0) is 18.2 Å². The van der Waals surface area contributed by atoms with Crippen LogP contribution in [0.15, 0.2) is 23.1 Å². The second-order valence-electron chi connectivity index (χ2n) is 4.01. The van der Waals surface area contributed by atoms with Crippen LogP contribution in [0.1, 0.15) is 10.4 Å². The first kappa shape index (κ1) is 17.4. The number of esters is 1. The lowest BCUT2D eigenvalue weighted by Gasteiger charge is -2.10. The summed E-state index contributed by atoms with van der Waals surface area (Å²) in [6.07, 6.45) is 0. The highest BCUT2D eigenvalue weighted by Gasteiger charge is 2.23. The van der Waals surface area contributed by atoms with Crippen molar-refractivity contribution in [2.45, 2.75) is 4.90 Å². The zero-order valence-electron chi connectivity index (χ0n) is 11.1. The molecule has 5 N–H and O–H groups in total. The number of hydrogen-bond acceptors (Lipinski definition) is 7. The molecule has 0 heterocycles. The van der Waals surface area contributed by atoms with Crippen LogP contribution in [-0.4, -0.2) is 42.2 Å². The third kappa shape index (κ3) is 4.97. The fourth-order valence-electron chi connectivity index (χ4n) is 1.45. The highest BCUT2D eigenvalue weighted by molar-refractivity contribution is 7.90. The number of anilines is 1. The topological polar surface area (TPSA) is 159 Å². The van der Waals surface area contributed by atoms with Crippen LogP contribution in [0.4, 0.5) is 5.69 Å². The van der Waals surface area contributed by atoms with Gasteiger partial charge < -0.3 is 10.5 Å². The summed E-state index contributed by atoms with van der Waals surface area (Å²) in [4.78, 5) is 11.2. The Labute approximate surface area is 122 Å². The van der Waals surface area contributed by atoms with Gasteiger partial charge in [-0.15, -0.1) is 0 Å². The van der Waals surface area contributed by atoms with Crippen LogP contribution in [-0.2, 0) is 24.8 Å². The van der Waals surface area contributed by atoms with Crippen LogP contribution in [0, 0.1) is 0 Å². The first-order valence-electron chi connectivity index (χ1n) is 5.55. The molecule has 0 fully saturated rings. The first-order chi connectivity index (χ1) is 9.57. The van der Waals surface area contributed by atoms with E-state index in [0.29, 0.717) is 0 Å². The summed E-state index contributed by atoms with van der Waals surface area (Å²) in [5.74, 6) is -1.46. The van der Waals surface area contributed by atoms with Gasteiger partial charge in [-0.1, -0.05) is 0 Å². The molecule has 0 unspecified atom stereocenters. The van der Waals surface area contributed by atoms with Crippen molar-refractivity contribution >= 4 is 31.7 Å². The number of nitrogens with one attached hydrogen (secondary N) is 1. The minimum absolute atomic E-state index is 0.180. The van der Waals surface area contributed by atoms with Crippen molar-refractivity contribution in [3.63, 3.8) is 0 Å². The second-order valence-corrected chi connectivity index (χ2v) is 7.48. The molecule has 1 aromatic carbocycles. The number of hydrogen-bond donors (Lipinski definition) is 3. The standard InChI is InChI=1S/C10H15N3O6S2/c1-19-10(14)8-6-7(11)2-3-9(8)21(17,18)13-4-5-20(12,15)16/h2-3,6,13H,4-5,11H2,1H3,(H2,12,15,16). The van der Waals surface area contributed by atoms with E-state index < -0.39 is 38.3 Å². The minimum atomic E-state index is -4.11. The highest BCUT2D eigenvalue weighted by Crippen LogP contribution is 2.19. The van der Waals surface area contributed by atoms with Gasteiger partial charge in [0, 0.05) is 12.2 Å². The molecule has 0 saturated carbocycles. The zero-order chi connectivity index (χ0) is 16.3. The molecule has 0 spiro atoms. The van der Waals surface area contributed by atoms with Gasteiger partial charge in [0.15, 0.2) is 0 Å². The van der Waals surface area contributed by atoms with E-state index in [2.05, 4.69) is 4.74 Å². The van der Waals surface area contributed by atoms with Crippen molar-refractivity contribution in [2.75, 3.05) is 25.1 Å². The number of sulfonamides is 2. The van der Waals surface area contributed by atoms with E-state index in [-0.39, 0.29) is 16.1 Å². The number of rotatable bonds is 6. The number of primary sulfonamides is 1.